The number of methoxy groups -OCH3 is 1. The molecular weight excluding hydrogens is 230 g/mol. The van der Waals surface area contributed by atoms with Crippen molar-refractivity contribution in [3.8, 4) is 0 Å². The number of rotatable bonds is 6. The van der Waals surface area contributed by atoms with Crippen molar-refractivity contribution in [3.05, 3.63) is 0 Å². The summed E-state index contributed by atoms with van der Waals surface area (Å²) in [5, 5.41) is 12.8. The molecule has 1 saturated heterocycles. The molecule has 1 aliphatic rings. The van der Waals surface area contributed by atoms with Crippen LogP contribution in [-0.2, 0) is 14.6 Å². The predicted molar refractivity (Wildman–Crippen MR) is 62.2 cm³/mol. The summed E-state index contributed by atoms with van der Waals surface area (Å²) < 4.78 is 27.7. The molecule has 0 amide bonds. The number of hydrogen-bond acceptors (Lipinski definition) is 5. The number of hydrogen-bond donors (Lipinski definition) is 2. The molecule has 3 unspecified atom stereocenters. The third-order valence-electron chi connectivity index (χ3n) is 2.78. The van der Waals surface area contributed by atoms with Crippen LogP contribution < -0.4 is 5.32 Å². The minimum Gasteiger partial charge on any atom is -0.390 e. The summed E-state index contributed by atoms with van der Waals surface area (Å²) in [6.07, 6.45) is 1.12. The smallest absolute Gasteiger partial charge is 0.154 e. The van der Waals surface area contributed by atoms with E-state index in [1.54, 1.807) is 7.11 Å². The Balaban J connectivity index is 2.51. The SMILES string of the molecule is CCCC(COC)NC1CS(=O)(=O)CC1O. The Kier molecular flexibility index (Phi) is 5.17. The first-order chi connectivity index (χ1) is 7.48. The standard InChI is InChI=1S/C10H21NO4S/c1-3-4-8(5-15-2)11-9-6-16(13,14)7-10(9)12/h8-12H,3-7H2,1-2H3. The van der Waals surface area contributed by atoms with Gasteiger partial charge in [0, 0.05) is 19.2 Å². The molecular formula is C10H21NO4S. The zero-order valence-electron chi connectivity index (χ0n) is 9.85. The third kappa shape index (κ3) is 4.01. The van der Waals surface area contributed by atoms with Crippen LogP contribution in [0.5, 0.6) is 0 Å². The lowest BCUT2D eigenvalue weighted by Crippen LogP contribution is -2.46. The summed E-state index contributed by atoms with van der Waals surface area (Å²) in [5.74, 6) is -0.103. The minimum absolute atomic E-state index is 0.0259. The quantitative estimate of drug-likeness (QED) is 0.668. The Bertz CT molecular complexity index is 298. The van der Waals surface area contributed by atoms with Crippen LogP contribution in [0.3, 0.4) is 0 Å². The highest BCUT2D eigenvalue weighted by Gasteiger charge is 2.37. The number of ether oxygens (including phenoxy) is 1. The van der Waals surface area contributed by atoms with E-state index < -0.39 is 15.9 Å². The third-order valence-corrected chi connectivity index (χ3v) is 4.49. The highest BCUT2D eigenvalue weighted by atomic mass is 32.2. The molecule has 0 spiro atoms. The van der Waals surface area contributed by atoms with Gasteiger partial charge in [-0.15, -0.1) is 0 Å². The van der Waals surface area contributed by atoms with E-state index in [1.165, 1.54) is 0 Å². The minimum atomic E-state index is -3.07. The summed E-state index contributed by atoms with van der Waals surface area (Å²) in [4.78, 5) is 0. The van der Waals surface area contributed by atoms with Gasteiger partial charge in [0.15, 0.2) is 9.84 Å². The van der Waals surface area contributed by atoms with Gasteiger partial charge in [-0.25, -0.2) is 8.42 Å². The van der Waals surface area contributed by atoms with Crippen LogP contribution in [0.4, 0.5) is 0 Å². The van der Waals surface area contributed by atoms with Gasteiger partial charge in [0.05, 0.1) is 24.2 Å². The predicted octanol–water partition coefficient (Wildman–Crippen LogP) is -0.451. The Morgan fingerprint density at radius 2 is 2.19 bits per heavy atom. The number of aliphatic hydroxyl groups is 1. The summed E-state index contributed by atoms with van der Waals surface area (Å²) in [6.45, 7) is 2.60. The fourth-order valence-corrected chi connectivity index (χ4v) is 3.81. The van der Waals surface area contributed by atoms with E-state index in [1.807, 2.05) is 0 Å². The summed E-state index contributed by atoms with van der Waals surface area (Å²) in [7, 11) is -1.46. The largest absolute Gasteiger partial charge is 0.390 e. The summed E-state index contributed by atoms with van der Waals surface area (Å²) in [6, 6.07) is -0.236. The maximum atomic E-state index is 11.3. The molecule has 96 valence electrons. The topological polar surface area (TPSA) is 75.6 Å². The molecule has 1 fully saturated rings. The van der Waals surface area contributed by atoms with Gasteiger partial charge in [-0.2, -0.15) is 0 Å². The van der Waals surface area contributed by atoms with E-state index in [0.717, 1.165) is 12.8 Å². The summed E-state index contributed by atoms with van der Waals surface area (Å²) in [5.41, 5.74) is 0. The van der Waals surface area contributed by atoms with Gasteiger partial charge in [-0.1, -0.05) is 13.3 Å². The Morgan fingerprint density at radius 3 is 2.62 bits per heavy atom. The van der Waals surface area contributed by atoms with Gasteiger partial charge >= 0.3 is 0 Å². The molecule has 2 N–H and O–H groups in total. The maximum Gasteiger partial charge on any atom is 0.154 e. The van der Waals surface area contributed by atoms with Crippen LogP contribution in [0.2, 0.25) is 0 Å². The number of sulfone groups is 1. The first-order valence-corrected chi connectivity index (χ1v) is 7.44. The molecule has 1 heterocycles. The molecule has 0 aromatic rings. The van der Waals surface area contributed by atoms with E-state index >= 15 is 0 Å². The Hall–Kier alpha value is -0.170. The van der Waals surface area contributed by atoms with E-state index in [2.05, 4.69) is 12.2 Å². The van der Waals surface area contributed by atoms with Crippen LogP contribution in [-0.4, -0.2) is 56.9 Å². The average molecular weight is 251 g/mol. The van der Waals surface area contributed by atoms with Gasteiger partial charge in [0.1, 0.15) is 0 Å². The number of aliphatic hydroxyl groups excluding tert-OH is 1. The van der Waals surface area contributed by atoms with Gasteiger partial charge < -0.3 is 15.2 Å². The average Bonchev–Trinajstić information content (AvgIpc) is 2.40. The van der Waals surface area contributed by atoms with E-state index in [9.17, 15) is 13.5 Å². The molecule has 1 aliphatic heterocycles. The molecule has 0 radical (unpaired) electrons. The molecule has 1 rings (SSSR count). The second kappa shape index (κ2) is 5.95. The van der Waals surface area contributed by atoms with Crippen molar-refractivity contribution in [1.82, 2.24) is 5.32 Å². The van der Waals surface area contributed by atoms with Crippen LogP contribution in [0, 0.1) is 0 Å². The van der Waals surface area contributed by atoms with Crippen LogP contribution in [0.15, 0.2) is 0 Å². The highest BCUT2D eigenvalue weighted by molar-refractivity contribution is 7.91. The molecule has 0 aromatic carbocycles. The van der Waals surface area contributed by atoms with Crippen molar-refractivity contribution in [2.45, 2.75) is 38.0 Å². The van der Waals surface area contributed by atoms with Crippen molar-refractivity contribution in [2.75, 3.05) is 25.2 Å². The van der Waals surface area contributed by atoms with Crippen molar-refractivity contribution >= 4 is 9.84 Å². The van der Waals surface area contributed by atoms with Crippen molar-refractivity contribution in [2.24, 2.45) is 0 Å². The van der Waals surface area contributed by atoms with Crippen molar-refractivity contribution in [1.29, 1.82) is 0 Å². The zero-order chi connectivity index (χ0) is 12.2. The molecule has 0 bridgehead atoms. The monoisotopic (exact) mass is 251 g/mol. The molecule has 3 atom stereocenters. The molecule has 0 saturated carbocycles. The molecule has 6 heteroatoms. The van der Waals surface area contributed by atoms with E-state index in [4.69, 9.17) is 4.74 Å². The first-order valence-electron chi connectivity index (χ1n) is 5.62. The summed E-state index contributed by atoms with van der Waals surface area (Å²) >= 11 is 0. The van der Waals surface area contributed by atoms with Gasteiger partial charge in [0.2, 0.25) is 0 Å². The van der Waals surface area contributed by atoms with E-state index in [-0.39, 0.29) is 23.6 Å². The molecule has 5 nitrogen and oxygen atoms in total. The highest BCUT2D eigenvalue weighted by Crippen LogP contribution is 2.14. The van der Waals surface area contributed by atoms with Crippen LogP contribution in [0.1, 0.15) is 19.8 Å². The molecule has 0 aromatic heterocycles. The first kappa shape index (κ1) is 13.9. The lowest BCUT2D eigenvalue weighted by atomic mass is 10.1. The zero-order valence-corrected chi connectivity index (χ0v) is 10.7. The second-order valence-corrected chi connectivity index (χ2v) is 6.51. The Morgan fingerprint density at radius 1 is 1.50 bits per heavy atom. The fraction of sp³-hybridized carbons (Fsp3) is 1.00. The lowest BCUT2D eigenvalue weighted by molar-refractivity contribution is 0.124. The molecule has 0 aliphatic carbocycles. The van der Waals surface area contributed by atoms with Crippen molar-refractivity contribution in [3.63, 3.8) is 0 Å². The Labute approximate surface area is 97.1 Å². The van der Waals surface area contributed by atoms with Gasteiger partial charge in [-0.3, -0.25) is 0 Å². The fourth-order valence-electron chi connectivity index (χ4n) is 2.06. The van der Waals surface area contributed by atoms with Crippen molar-refractivity contribution < 1.29 is 18.3 Å². The normalized spacial score (nSPS) is 30.4. The molecule has 16 heavy (non-hydrogen) atoms. The lowest BCUT2D eigenvalue weighted by Gasteiger charge is -2.23. The van der Waals surface area contributed by atoms with Gasteiger partial charge in [-0.05, 0) is 6.42 Å². The second-order valence-electron chi connectivity index (χ2n) is 4.36. The van der Waals surface area contributed by atoms with E-state index in [0.29, 0.717) is 6.61 Å². The maximum absolute atomic E-state index is 11.3. The number of nitrogens with one attached hydrogen (secondary N) is 1. The van der Waals surface area contributed by atoms with Gasteiger partial charge in [0.25, 0.3) is 0 Å². The van der Waals surface area contributed by atoms with Crippen LogP contribution >= 0.6 is 0 Å². The van der Waals surface area contributed by atoms with Crippen LogP contribution in [0.25, 0.3) is 0 Å².